The van der Waals surface area contributed by atoms with Gasteiger partial charge in [0.1, 0.15) is 5.75 Å². The number of hydrogen-bond acceptors (Lipinski definition) is 4. The first-order chi connectivity index (χ1) is 9.11. The van der Waals surface area contributed by atoms with Crippen molar-refractivity contribution in [2.75, 3.05) is 0 Å². The van der Waals surface area contributed by atoms with Gasteiger partial charge in [-0.05, 0) is 36.2 Å². The summed E-state index contributed by atoms with van der Waals surface area (Å²) in [6, 6.07) is 6.71. The van der Waals surface area contributed by atoms with Gasteiger partial charge in [-0.2, -0.15) is 4.21 Å². The number of amides is 1. The summed E-state index contributed by atoms with van der Waals surface area (Å²) in [6.45, 7) is 1.78. The van der Waals surface area contributed by atoms with E-state index in [1.54, 1.807) is 37.4 Å². The summed E-state index contributed by atoms with van der Waals surface area (Å²) < 4.78 is 13.4. The Hall–Kier alpha value is -2.34. The Balaban J connectivity index is 2.45. The van der Waals surface area contributed by atoms with Crippen molar-refractivity contribution < 1.29 is 14.1 Å². The molecule has 1 N–H and O–H groups in total. The molecule has 0 radical (unpaired) electrons. The van der Waals surface area contributed by atoms with Crippen LogP contribution in [0.2, 0.25) is 0 Å². The van der Waals surface area contributed by atoms with Crippen LogP contribution in [0.4, 0.5) is 0 Å². The molecule has 1 aromatic carbocycles. The number of rotatable bonds is 2. The van der Waals surface area contributed by atoms with E-state index in [-0.39, 0.29) is 22.8 Å². The highest BCUT2D eigenvalue weighted by atomic mass is 32.1. The number of nitrogens with zero attached hydrogens (tertiary/aromatic N) is 2. The number of carbonyl (C=O) groups excluding carboxylic acids is 1. The number of aromatic hydroxyl groups is 1. The second-order valence-corrected chi connectivity index (χ2v) is 4.27. The Morgan fingerprint density at radius 1 is 1.26 bits per heavy atom. The minimum absolute atomic E-state index is 0.125. The Bertz CT molecular complexity index is 694. The lowest BCUT2D eigenvalue weighted by Crippen LogP contribution is -1.95. The lowest BCUT2D eigenvalue weighted by molar-refractivity contribution is 0.100. The van der Waals surface area contributed by atoms with E-state index in [4.69, 9.17) is 0 Å². The summed E-state index contributed by atoms with van der Waals surface area (Å²) in [4.78, 5) is 15.4. The highest BCUT2D eigenvalue weighted by Gasteiger charge is 2.07. The third kappa shape index (κ3) is 2.92. The molecule has 2 aromatic rings. The molecule has 96 valence electrons. The second-order valence-electron chi connectivity index (χ2n) is 3.93. The summed E-state index contributed by atoms with van der Waals surface area (Å²) in [5.74, 6) is -0.397. The lowest BCUT2D eigenvalue weighted by Gasteiger charge is -2.05. The summed E-state index contributed by atoms with van der Waals surface area (Å²) in [5.41, 5.74) is 2.54. The first-order valence-electron chi connectivity index (χ1n) is 5.41. The monoisotopic (exact) mass is 274 g/mol. The van der Waals surface area contributed by atoms with Gasteiger partial charge in [0.25, 0.3) is 5.91 Å². The van der Waals surface area contributed by atoms with Gasteiger partial charge in [0.15, 0.2) is 0 Å². The van der Waals surface area contributed by atoms with E-state index in [0.717, 1.165) is 16.7 Å². The maximum Gasteiger partial charge on any atom is 0.291 e. The van der Waals surface area contributed by atoms with E-state index >= 15 is 0 Å². The number of aromatic nitrogens is 1. The van der Waals surface area contributed by atoms with Crippen molar-refractivity contribution in [3.05, 3.63) is 47.8 Å². The number of pyridine rings is 1. The van der Waals surface area contributed by atoms with Gasteiger partial charge in [-0.3, -0.25) is 9.78 Å². The largest absolute Gasteiger partial charge is 0.508 e. The van der Waals surface area contributed by atoms with E-state index in [2.05, 4.69) is 9.35 Å². The van der Waals surface area contributed by atoms with Crippen molar-refractivity contribution in [2.24, 2.45) is 4.36 Å². The molecule has 0 spiro atoms. The molecule has 0 bridgehead atoms. The van der Waals surface area contributed by atoms with E-state index in [1.165, 1.54) is 6.20 Å². The van der Waals surface area contributed by atoms with Gasteiger partial charge >= 0.3 is 0 Å². The molecule has 5 nitrogen and oxygen atoms in total. The highest BCUT2D eigenvalue weighted by Crippen LogP contribution is 2.25. The van der Waals surface area contributed by atoms with Crippen LogP contribution in [0, 0.1) is 6.92 Å². The molecule has 0 fully saturated rings. The molecule has 6 heteroatoms. The predicted octanol–water partition coefficient (Wildman–Crippen LogP) is 2.30. The first kappa shape index (κ1) is 13.1. The number of carbonyl (C=O) groups is 1. The smallest absolute Gasteiger partial charge is 0.291 e. The SMILES string of the molecule is Cc1cc(-c2cncc(C(=O)N=S=O)c2)ccc1O. The summed E-state index contributed by atoms with van der Waals surface area (Å²) in [6.07, 6.45) is 2.96. The zero-order chi connectivity index (χ0) is 13.8. The molecule has 0 saturated carbocycles. The number of phenols is 1. The standard InChI is InChI=1S/C13H10N2O3S/c1-8-4-9(2-3-12(8)16)10-5-11(7-14-6-10)13(17)15-19-18/h2-7,16H,1H3. The summed E-state index contributed by atoms with van der Waals surface area (Å²) in [7, 11) is 0. The van der Waals surface area contributed by atoms with Crippen LogP contribution in [0.3, 0.4) is 0 Å². The van der Waals surface area contributed by atoms with Crippen LogP contribution >= 0.6 is 0 Å². The van der Waals surface area contributed by atoms with Crippen molar-refractivity contribution >= 4 is 17.4 Å². The molecule has 0 saturated heterocycles. The van der Waals surface area contributed by atoms with E-state index in [1.807, 2.05) is 0 Å². The van der Waals surface area contributed by atoms with E-state index in [9.17, 15) is 14.1 Å². The second kappa shape index (κ2) is 5.53. The predicted molar refractivity (Wildman–Crippen MR) is 71.0 cm³/mol. The molecule has 1 aromatic heterocycles. The number of aryl methyl sites for hydroxylation is 1. The van der Waals surface area contributed by atoms with Gasteiger partial charge < -0.3 is 5.11 Å². The summed E-state index contributed by atoms with van der Waals surface area (Å²) in [5, 5.41) is 9.48. The topological polar surface area (TPSA) is 79.6 Å². The molecule has 0 aliphatic heterocycles. The molecule has 0 aliphatic rings. The van der Waals surface area contributed by atoms with Crippen LogP contribution in [-0.4, -0.2) is 20.2 Å². The average molecular weight is 274 g/mol. The zero-order valence-electron chi connectivity index (χ0n) is 10.0. The van der Waals surface area contributed by atoms with Crippen molar-refractivity contribution in [3.63, 3.8) is 0 Å². The molecule has 0 unspecified atom stereocenters. The van der Waals surface area contributed by atoms with Crippen molar-refractivity contribution in [2.45, 2.75) is 6.92 Å². The Morgan fingerprint density at radius 3 is 2.74 bits per heavy atom. The van der Waals surface area contributed by atoms with E-state index in [0.29, 0.717) is 0 Å². The minimum atomic E-state index is -0.607. The van der Waals surface area contributed by atoms with Crippen LogP contribution in [0.1, 0.15) is 15.9 Å². The van der Waals surface area contributed by atoms with Gasteiger partial charge in [0.2, 0.25) is 11.5 Å². The van der Waals surface area contributed by atoms with Crippen LogP contribution in [0.5, 0.6) is 5.75 Å². The van der Waals surface area contributed by atoms with Gasteiger partial charge in [-0.1, -0.05) is 6.07 Å². The normalized spacial score (nSPS) is 9.95. The third-order valence-electron chi connectivity index (χ3n) is 2.64. The molecule has 0 aliphatic carbocycles. The molecule has 1 amide bonds. The summed E-state index contributed by atoms with van der Waals surface area (Å²) >= 11 is -0.125. The quantitative estimate of drug-likeness (QED) is 0.911. The molecular weight excluding hydrogens is 264 g/mol. The molecule has 0 atom stereocenters. The molecule has 1 heterocycles. The average Bonchev–Trinajstić information content (AvgIpc) is 2.42. The van der Waals surface area contributed by atoms with Crippen molar-refractivity contribution in [1.82, 2.24) is 4.98 Å². The van der Waals surface area contributed by atoms with Crippen LogP contribution in [-0.2, 0) is 11.5 Å². The zero-order valence-corrected chi connectivity index (χ0v) is 10.8. The van der Waals surface area contributed by atoms with Crippen molar-refractivity contribution in [3.8, 4) is 16.9 Å². The van der Waals surface area contributed by atoms with Gasteiger partial charge in [0, 0.05) is 18.0 Å². The maximum absolute atomic E-state index is 11.5. The maximum atomic E-state index is 11.5. The van der Waals surface area contributed by atoms with Gasteiger partial charge in [-0.25, -0.2) is 0 Å². The fourth-order valence-electron chi connectivity index (χ4n) is 1.64. The Kier molecular flexibility index (Phi) is 3.82. The Labute approximate surface area is 113 Å². The fraction of sp³-hybridized carbons (Fsp3) is 0.0769. The third-order valence-corrected chi connectivity index (χ3v) is 2.88. The highest BCUT2D eigenvalue weighted by molar-refractivity contribution is 7.55. The van der Waals surface area contributed by atoms with Crippen molar-refractivity contribution in [1.29, 1.82) is 0 Å². The van der Waals surface area contributed by atoms with E-state index < -0.39 is 5.91 Å². The number of hydrogen-bond donors (Lipinski definition) is 1. The van der Waals surface area contributed by atoms with Gasteiger partial charge in [-0.15, -0.1) is 4.36 Å². The Morgan fingerprint density at radius 2 is 2.05 bits per heavy atom. The van der Waals surface area contributed by atoms with Gasteiger partial charge in [0.05, 0.1) is 5.56 Å². The number of phenolic OH excluding ortho intramolecular Hbond substituents is 1. The molecule has 19 heavy (non-hydrogen) atoms. The fourth-order valence-corrected chi connectivity index (χ4v) is 1.81. The molecular formula is C13H10N2O3S. The minimum Gasteiger partial charge on any atom is -0.508 e. The first-order valence-corrected chi connectivity index (χ1v) is 6.11. The van der Waals surface area contributed by atoms with Crippen LogP contribution in [0.25, 0.3) is 11.1 Å². The molecule has 2 rings (SSSR count). The van der Waals surface area contributed by atoms with Crippen LogP contribution in [0.15, 0.2) is 41.0 Å². The van der Waals surface area contributed by atoms with Crippen LogP contribution < -0.4 is 0 Å². The number of benzene rings is 1. The lowest BCUT2D eigenvalue weighted by atomic mass is 10.0.